The van der Waals surface area contributed by atoms with Gasteiger partial charge in [0, 0.05) is 5.02 Å². The maximum atomic E-state index is 12.6. The van der Waals surface area contributed by atoms with E-state index in [0.29, 0.717) is 28.7 Å². The minimum atomic E-state index is -0.814. The first-order valence-corrected chi connectivity index (χ1v) is 10.9. The van der Waals surface area contributed by atoms with Crippen LogP contribution in [0.25, 0.3) is 0 Å². The molecule has 1 atom stereocenters. The molecule has 0 aromatic heterocycles. The molecular formula is C23H27Cl2N3O4. The number of carbonyl (C=O) groups excluding carboxylic acids is 2. The van der Waals surface area contributed by atoms with Gasteiger partial charge in [0.25, 0.3) is 11.8 Å². The zero-order chi connectivity index (χ0) is 23.7. The Labute approximate surface area is 198 Å². The van der Waals surface area contributed by atoms with Gasteiger partial charge in [-0.05, 0) is 54.3 Å². The fourth-order valence-electron chi connectivity index (χ4n) is 2.76. The molecule has 0 saturated carbocycles. The molecule has 0 saturated heterocycles. The third kappa shape index (κ3) is 7.14. The second-order valence-corrected chi connectivity index (χ2v) is 8.16. The first-order valence-electron chi connectivity index (χ1n) is 10.2. The SMILES string of the molecule is CCCOc1ccc(C=NNC(=O)C(NC(=O)c2ccc(Cl)cc2Cl)C(C)C)cc1OC. The van der Waals surface area contributed by atoms with Crippen LogP contribution in [0.4, 0.5) is 0 Å². The van der Waals surface area contributed by atoms with E-state index in [1.807, 2.05) is 20.8 Å². The van der Waals surface area contributed by atoms with Crippen LogP contribution in [0.15, 0.2) is 41.5 Å². The van der Waals surface area contributed by atoms with Crippen LogP contribution in [-0.4, -0.2) is 37.8 Å². The summed E-state index contributed by atoms with van der Waals surface area (Å²) in [6, 6.07) is 9.06. The van der Waals surface area contributed by atoms with Gasteiger partial charge in [-0.25, -0.2) is 5.43 Å². The lowest BCUT2D eigenvalue weighted by Crippen LogP contribution is -2.48. The fourth-order valence-corrected chi connectivity index (χ4v) is 3.26. The lowest BCUT2D eigenvalue weighted by molar-refractivity contribution is -0.123. The van der Waals surface area contributed by atoms with Crippen molar-refractivity contribution >= 4 is 41.2 Å². The Bertz CT molecular complexity index is 980. The molecule has 32 heavy (non-hydrogen) atoms. The first kappa shape index (κ1) is 25.5. The lowest BCUT2D eigenvalue weighted by atomic mass is 10.0. The quantitative estimate of drug-likeness (QED) is 0.381. The highest BCUT2D eigenvalue weighted by Crippen LogP contribution is 2.27. The molecule has 0 heterocycles. The van der Waals surface area contributed by atoms with E-state index < -0.39 is 17.9 Å². The average Bonchev–Trinajstić information content (AvgIpc) is 2.75. The van der Waals surface area contributed by atoms with Gasteiger partial charge in [0.2, 0.25) is 0 Å². The monoisotopic (exact) mass is 479 g/mol. The highest BCUT2D eigenvalue weighted by molar-refractivity contribution is 6.36. The van der Waals surface area contributed by atoms with Crippen molar-refractivity contribution < 1.29 is 19.1 Å². The van der Waals surface area contributed by atoms with Crippen LogP contribution in [0.2, 0.25) is 10.0 Å². The Morgan fingerprint density at radius 2 is 1.88 bits per heavy atom. The summed E-state index contributed by atoms with van der Waals surface area (Å²) in [4.78, 5) is 25.2. The topological polar surface area (TPSA) is 89.0 Å². The average molecular weight is 480 g/mol. The summed E-state index contributed by atoms with van der Waals surface area (Å²) in [6.07, 6.45) is 2.37. The van der Waals surface area contributed by atoms with Crippen LogP contribution in [0.1, 0.15) is 43.1 Å². The molecular weight excluding hydrogens is 453 g/mol. The van der Waals surface area contributed by atoms with Gasteiger partial charge in [0.15, 0.2) is 11.5 Å². The molecule has 0 aliphatic heterocycles. The lowest BCUT2D eigenvalue weighted by Gasteiger charge is -2.20. The standard InChI is InChI=1S/C23H27Cl2N3O4/c1-5-10-32-19-9-6-15(11-20(19)31-4)13-26-28-23(30)21(14(2)3)27-22(29)17-8-7-16(24)12-18(17)25/h6-9,11-14,21H,5,10H2,1-4H3,(H,27,29)(H,28,30). The number of halogens is 2. The van der Waals surface area contributed by atoms with Crippen molar-refractivity contribution in [2.75, 3.05) is 13.7 Å². The van der Waals surface area contributed by atoms with Crippen LogP contribution >= 0.6 is 23.2 Å². The van der Waals surface area contributed by atoms with E-state index in [1.54, 1.807) is 31.4 Å². The summed E-state index contributed by atoms with van der Waals surface area (Å²) in [7, 11) is 1.56. The summed E-state index contributed by atoms with van der Waals surface area (Å²) in [5, 5.41) is 7.33. The van der Waals surface area contributed by atoms with E-state index in [1.165, 1.54) is 18.3 Å². The van der Waals surface area contributed by atoms with E-state index in [4.69, 9.17) is 32.7 Å². The molecule has 2 amide bonds. The van der Waals surface area contributed by atoms with Crippen molar-refractivity contribution in [1.82, 2.24) is 10.7 Å². The largest absolute Gasteiger partial charge is 0.493 e. The third-order valence-corrected chi connectivity index (χ3v) is 5.00. The van der Waals surface area contributed by atoms with Gasteiger partial charge in [-0.3, -0.25) is 9.59 Å². The third-order valence-electron chi connectivity index (χ3n) is 4.45. The molecule has 2 aromatic rings. The van der Waals surface area contributed by atoms with Gasteiger partial charge < -0.3 is 14.8 Å². The Kier molecular flexibility index (Phi) is 9.81. The van der Waals surface area contributed by atoms with E-state index in [2.05, 4.69) is 15.8 Å². The summed E-state index contributed by atoms with van der Waals surface area (Å²) < 4.78 is 11.0. The number of methoxy groups -OCH3 is 1. The Morgan fingerprint density at radius 3 is 2.50 bits per heavy atom. The van der Waals surface area contributed by atoms with Crippen LogP contribution in [0.3, 0.4) is 0 Å². The number of rotatable bonds is 10. The van der Waals surface area contributed by atoms with E-state index in [9.17, 15) is 9.59 Å². The first-order chi connectivity index (χ1) is 15.3. The number of benzene rings is 2. The minimum Gasteiger partial charge on any atom is -0.493 e. The molecule has 0 aliphatic rings. The van der Waals surface area contributed by atoms with Gasteiger partial charge in [0.05, 0.1) is 30.5 Å². The number of hydrazone groups is 1. The molecule has 2 N–H and O–H groups in total. The highest BCUT2D eigenvalue weighted by atomic mass is 35.5. The van der Waals surface area contributed by atoms with E-state index in [0.717, 1.165) is 6.42 Å². The fraction of sp³-hybridized carbons (Fsp3) is 0.348. The van der Waals surface area contributed by atoms with E-state index in [-0.39, 0.29) is 16.5 Å². The number of hydrogen-bond donors (Lipinski definition) is 2. The zero-order valence-corrected chi connectivity index (χ0v) is 20.0. The van der Waals surface area contributed by atoms with Gasteiger partial charge in [0.1, 0.15) is 6.04 Å². The van der Waals surface area contributed by atoms with Crippen molar-refractivity contribution in [2.24, 2.45) is 11.0 Å². The van der Waals surface area contributed by atoms with Gasteiger partial charge >= 0.3 is 0 Å². The summed E-state index contributed by atoms with van der Waals surface area (Å²) in [5.74, 6) is 0.0941. The normalized spacial score (nSPS) is 12.0. The predicted octanol–water partition coefficient (Wildman–Crippen LogP) is 4.70. The predicted molar refractivity (Wildman–Crippen MR) is 127 cm³/mol. The number of ether oxygens (including phenoxy) is 2. The summed E-state index contributed by atoms with van der Waals surface area (Å²) in [5.41, 5.74) is 3.41. The summed E-state index contributed by atoms with van der Waals surface area (Å²) >= 11 is 12.0. The maximum Gasteiger partial charge on any atom is 0.262 e. The van der Waals surface area contributed by atoms with Gasteiger partial charge in [-0.2, -0.15) is 5.10 Å². The molecule has 1 unspecified atom stereocenters. The molecule has 0 bridgehead atoms. The van der Waals surface area contributed by atoms with Gasteiger partial charge in [-0.15, -0.1) is 0 Å². The van der Waals surface area contributed by atoms with Crippen LogP contribution in [0.5, 0.6) is 11.5 Å². The molecule has 172 valence electrons. The number of nitrogens with zero attached hydrogens (tertiary/aromatic N) is 1. The minimum absolute atomic E-state index is 0.185. The van der Waals surface area contributed by atoms with Crippen molar-refractivity contribution in [3.63, 3.8) is 0 Å². The molecule has 2 aromatic carbocycles. The molecule has 9 heteroatoms. The van der Waals surface area contributed by atoms with Crippen molar-refractivity contribution in [2.45, 2.75) is 33.2 Å². The Morgan fingerprint density at radius 1 is 1.12 bits per heavy atom. The van der Waals surface area contributed by atoms with Crippen LogP contribution < -0.4 is 20.2 Å². The zero-order valence-electron chi connectivity index (χ0n) is 18.4. The summed E-state index contributed by atoms with van der Waals surface area (Å²) in [6.45, 7) is 6.24. The molecule has 7 nitrogen and oxygen atoms in total. The van der Waals surface area contributed by atoms with Crippen LogP contribution in [-0.2, 0) is 4.79 Å². The molecule has 2 rings (SSSR count). The second kappa shape index (κ2) is 12.3. The molecule has 0 aliphatic carbocycles. The number of hydrogen-bond acceptors (Lipinski definition) is 5. The van der Waals surface area contributed by atoms with Gasteiger partial charge in [-0.1, -0.05) is 44.0 Å². The second-order valence-electron chi connectivity index (χ2n) is 7.31. The smallest absolute Gasteiger partial charge is 0.262 e. The maximum absolute atomic E-state index is 12.6. The molecule has 0 fully saturated rings. The highest BCUT2D eigenvalue weighted by Gasteiger charge is 2.25. The molecule has 0 spiro atoms. The van der Waals surface area contributed by atoms with Crippen molar-refractivity contribution in [3.05, 3.63) is 57.6 Å². The van der Waals surface area contributed by atoms with Crippen molar-refractivity contribution in [1.29, 1.82) is 0 Å². The molecule has 0 radical (unpaired) electrons. The van der Waals surface area contributed by atoms with E-state index >= 15 is 0 Å². The van der Waals surface area contributed by atoms with Crippen LogP contribution in [0, 0.1) is 5.92 Å². The number of amides is 2. The Hall–Kier alpha value is -2.77. The number of carbonyl (C=O) groups is 2. The Balaban J connectivity index is 2.05. The number of nitrogens with one attached hydrogen (secondary N) is 2. The van der Waals surface area contributed by atoms with Crippen molar-refractivity contribution in [3.8, 4) is 11.5 Å².